The van der Waals surface area contributed by atoms with Crippen molar-refractivity contribution < 1.29 is 0 Å². The maximum absolute atomic E-state index is 4.40. The van der Waals surface area contributed by atoms with Crippen molar-refractivity contribution in [2.24, 2.45) is 0 Å². The van der Waals surface area contributed by atoms with E-state index in [-0.39, 0.29) is 0 Å². The Morgan fingerprint density at radius 2 is 2.00 bits per heavy atom. The lowest BCUT2D eigenvalue weighted by atomic mass is 10.0. The van der Waals surface area contributed by atoms with Crippen LogP contribution in [-0.2, 0) is 0 Å². The summed E-state index contributed by atoms with van der Waals surface area (Å²) < 4.78 is 1.01. The lowest BCUT2D eigenvalue weighted by Gasteiger charge is -2.17. The van der Waals surface area contributed by atoms with Crippen LogP contribution in [0.4, 0.5) is 0 Å². The highest BCUT2D eigenvalue weighted by atomic mass is 79.9. The van der Waals surface area contributed by atoms with Crippen LogP contribution in [0.3, 0.4) is 0 Å². The summed E-state index contributed by atoms with van der Waals surface area (Å²) in [6.45, 7) is 4.31. The number of nitrogens with one attached hydrogen (secondary N) is 1. The number of nitrogens with zero attached hydrogens (tertiary/aromatic N) is 1. The summed E-state index contributed by atoms with van der Waals surface area (Å²) in [5.74, 6) is 0.966. The molecule has 0 fully saturated rings. The minimum absolute atomic E-state index is 0.338. The third-order valence-corrected chi connectivity index (χ3v) is 4.89. The number of rotatable bonds is 5. The van der Waals surface area contributed by atoms with E-state index in [2.05, 4.69) is 58.3 Å². The number of halogens is 1. The second-order valence-electron chi connectivity index (χ2n) is 4.81. The molecule has 1 atom stereocenters. The minimum Gasteiger partial charge on any atom is -0.312 e. The molecule has 1 unspecified atom stereocenters. The highest BCUT2D eigenvalue weighted by molar-refractivity contribution is 9.10. The first-order valence-corrected chi connectivity index (χ1v) is 8.37. The summed E-state index contributed by atoms with van der Waals surface area (Å²) in [7, 11) is 2.01. The Labute approximate surface area is 133 Å². The van der Waals surface area contributed by atoms with Gasteiger partial charge in [0.05, 0.1) is 5.03 Å². The average molecular weight is 351 g/mol. The minimum atomic E-state index is 0.338. The van der Waals surface area contributed by atoms with Crippen LogP contribution >= 0.6 is 27.7 Å². The number of aromatic nitrogens is 1. The molecule has 1 N–H and O–H groups in total. The SMILES string of the molecule is CNC(CSc1ccc(Br)cn1)c1ccc(C)c(C)c1. The first-order chi connectivity index (χ1) is 9.60. The van der Waals surface area contributed by atoms with Gasteiger partial charge in [0.2, 0.25) is 0 Å². The zero-order valence-electron chi connectivity index (χ0n) is 12.0. The Morgan fingerprint density at radius 3 is 2.60 bits per heavy atom. The smallest absolute Gasteiger partial charge is 0.0961 e. The topological polar surface area (TPSA) is 24.9 Å². The third-order valence-electron chi connectivity index (χ3n) is 3.38. The van der Waals surface area contributed by atoms with E-state index in [9.17, 15) is 0 Å². The van der Waals surface area contributed by atoms with Crippen LogP contribution in [0.5, 0.6) is 0 Å². The number of benzene rings is 1. The molecular formula is C16H19BrN2S. The van der Waals surface area contributed by atoms with Gasteiger partial charge >= 0.3 is 0 Å². The Hall–Kier alpha value is -0.840. The van der Waals surface area contributed by atoms with Gasteiger partial charge in [-0.3, -0.25) is 0 Å². The highest BCUT2D eigenvalue weighted by Crippen LogP contribution is 2.25. The van der Waals surface area contributed by atoms with E-state index in [0.29, 0.717) is 6.04 Å². The molecule has 2 nitrogen and oxygen atoms in total. The van der Waals surface area contributed by atoms with Crippen molar-refractivity contribution in [1.29, 1.82) is 0 Å². The van der Waals surface area contributed by atoms with Gasteiger partial charge in [-0.2, -0.15) is 0 Å². The molecule has 2 aromatic rings. The van der Waals surface area contributed by atoms with Crippen molar-refractivity contribution in [3.8, 4) is 0 Å². The van der Waals surface area contributed by atoms with Crippen LogP contribution in [0.2, 0.25) is 0 Å². The van der Waals surface area contributed by atoms with Crippen LogP contribution < -0.4 is 5.32 Å². The molecule has 0 bridgehead atoms. The molecule has 106 valence electrons. The molecular weight excluding hydrogens is 332 g/mol. The first-order valence-electron chi connectivity index (χ1n) is 6.59. The molecule has 0 radical (unpaired) electrons. The quantitative estimate of drug-likeness (QED) is 0.802. The van der Waals surface area contributed by atoms with Gasteiger partial charge in [-0.05, 0) is 65.6 Å². The summed E-state index contributed by atoms with van der Waals surface area (Å²) in [5.41, 5.74) is 4.01. The third kappa shape index (κ3) is 4.08. The van der Waals surface area contributed by atoms with Crippen molar-refractivity contribution in [2.75, 3.05) is 12.8 Å². The van der Waals surface area contributed by atoms with Gasteiger partial charge in [0.15, 0.2) is 0 Å². The van der Waals surface area contributed by atoms with Crippen LogP contribution in [0, 0.1) is 13.8 Å². The number of hydrogen-bond acceptors (Lipinski definition) is 3. The second-order valence-corrected chi connectivity index (χ2v) is 6.77. The zero-order chi connectivity index (χ0) is 14.5. The lowest BCUT2D eigenvalue weighted by Crippen LogP contribution is -2.19. The molecule has 0 aliphatic heterocycles. The van der Waals surface area contributed by atoms with Gasteiger partial charge < -0.3 is 5.32 Å². The van der Waals surface area contributed by atoms with Gasteiger partial charge in [0, 0.05) is 22.5 Å². The van der Waals surface area contributed by atoms with Gasteiger partial charge in [0.25, 0.3) is 0 Å². The van der Waals surface area contributed by atoms with Crippen LogP contribution in [0.1, 0.15) is 22.7 Å². The fourth-order valence-corrected chi connectivity index (χ4v) is 3.17. The molecule has 1 aromatic heterocycles. The first kappa shape index (κ1) is 15.5. The van der Waals surface area contributed by atoms with E-state index >= 15 is 0 Å². The summed E-state index contributed by atoms with van der Waals surface area (Å²) in [6, 6.07) is 11.1. The number of aryl methyl sites for hydroxylation is 2. The van der Waals surface area contributed by atoms with Crippen LogP contribution in [0.25, 0.3) is 0 Å². The molecule has 0 aliphatic rings. The van der Waals surface area contributed by atoms with Crippen molar-refractivity contribution in [2.45, 2.75) is 24.9 Å². The van der Waals surface area contributed by atoms with E-state index in [1.165, 1.54) is 16.7 Å². The standard InChI is InChI=1S/C16H19BrN2S/c1-11-4-5-13(8-12(11)2)15(18-3)10-20-16-7-6-14(17)9-19-16/h4-9,15,18H,10H2,1-3H3. The van der Waals surface area contributed by atoms with E-state index in [1.807, 2.05) is 25.4 Å². The molecule has 0 spiro atoms. The summed E-state index contributed by atoms with van der Waals surface area (Å²) in [6.07, 6.45) is 1.84. The van der Waals surface area contributed by atoms with E-state index in [0.717, 1.165) is 15.3 Å². The summed E-state index contributed by atoms with van der Waals surface area (Å²) in [5, 5.41) is 4.44. The Balaban J connectivity index is 2.05. The molecule has 1 aromatic carbocycles. The van der Waals surface area contributed by atoms with Crippen LogP contribution in [-0.4, -0.2) is 17.8 Å². The Bertz CT molecular complexity index is 569. The van der Waals surface area contributed by atoms with Gasteiger partial charge in [-0.15, -0.1) is 11.8 Å². The Kier molecular flexibility index (Phi) is 5.64. The van der Waals surface area contributed by atoms with Crippen molar-refractivity contribution in [3.63, 3.8) is 0 Å². The zero-order valence-corrected chi connectivity index (χ0v) is 14.4. The maximum atomic E-state index is 4.40. The molecule has 4 heteroatoms. The normalized spacial score (nSPS) is 12.4. The second kappa shape index (κ2) is 7.25. The van der Waals surface area contributed by atoms with Gasteiger partial charge in [-0.25, -0.2) is 4.98 Å². The van der Waals surface area contributed by atoms with E-state index in [1.54, 1.807) is 11.8 Å². The van der Waals surface area contributed by atoms with Gasteiger partial charge in [0.1, 0.15) is 0 Å². The highest BCUT2D eigenvalue weighted by Gasteiger charge is 2.11. The predicted molar refractivity (Wildman–Crippen MR) is 90.4 cm³/mol. The van der Waals surface area contributed by atoms with E-state index in [4.69, 9.17) is 0 Å². The number of thioether (sulfide) groups is 1. The van der Waals surface area contributed by atoms with Crippen molar-refractivity contribution >= 4 is 27.7 Å². The van der Waals surface area contributed by atoms with E-state index < -0.39 is 0 Å². The summed E-state index contributed by atoms with van der Waals surface area (Å²) >= 11 is 5.18. The monoisotopic (exact) mass is 350 g/mol. The molecule has 0 amide bonds. The molecule has 1 heterocycles. The number of pyridine rings is 1. The summed E-state index contributed by atoms with van der Waals surface area (Å²) in [4.78, 5) is 4.40. The Morgan fingerprint density at radius 1 is 1.20 bits per heavy atom. The lowest BCUT2D eigenvalue weighted by molar-refractivity contribution is 0.660. The number of hydrogen-bond donors (Lipinski definition) is 1. The maximum Gasteiger partial charge on any atom is 0.0961 e. The van der Waals surface area contributed by atoms with Gasteiger partial charge in [-0.1, -0.05) is 18.2 Å². The molecule has 20 heavy (non-hydrogen) atoms. The molecule has 0 aliphatic carbocycles. The van der Waals surface area contributed by atoms with Crippen LogP contribution in [0.15, 0.2) is 46.0 Å². The molecule has 2 rings (SSSR count). The van der Waals surface area contributed by atoms with Crippen molar-refractivity contribution in [3.05, 3.63) is 57.7 Å². The fourth-order valence-electron chi connectivity index (χ4n) is 1.94. The van der Waals surface area contributed by atoms with Crippen molar-refractivity contribution in [1.82, 2.24) is 10.3 Å². The fraction of sp³-hybridized carbons (Fsp3) is 0.312. The predicted octanol–water partition coefficient (Wildman–Crippen LogP) is 4.51. The average Bonchev–Trinajstić information content (AvgIpc) is 2.45. The molecule has 0 saturated carbocycles. The molecule has 0 saturated heterocycles. The largest absolute Gasteiger partial charge is 0.312 e.